The molecule has 0 aromatic heterocycles. The molecule has 1 amide bonds. The smallest absolute Gasteiger partial charge is 0.236 e. The SMILES string of the molecule is CN(CCN1CCNCC1)CC(=O)N1CCCCCC1. The molecular formula is C15H30N4O. The lowest BCUT2D eigenvalue weighted by Crippen LogP contribution is -2.47. The van der Waals surface area contributed by atoms with Gasteiger partial charge in [0, 0.05) is 52.4 Å². The summed E-state index contributed by atoms with van der Waals surface area (Å²) in [6.45, 7) is 9.01. The number of nitrogens with one attached hydrogen (secondary N) is 1. The Morgan fingerprint density at radius 2 is 1.70 bits per heavy atom. The molecule has 20 heavy (non-hydrogen) atoms. The van der Waals surface area contributed by atoms with Crippen LogP contribution < -0.4 is 5.32 Å². The predicted octanol–water partition coefficient (Wildman–Crippen LogP) is 0.226. The summed E-state index contributed by atoms with van der Waals surface area (Å²) in [5, 5.41) is 3.37. The molecule has 0 aliphatic carbocycles. The summed E-state index contributed by atoms with van der Waals surface area (Å²) in [4.78, 5) is 19.0. The van der Waals surface area contributed by atoms with E-state index in [2.05, 4.69) is 27.1 Å². The lowest BCUT2D eigenvalue weighted by Gasteiger charge is -2.29. The molecule has 0 saturated carbocycles. The molecule has 116 valence electrons. The number of hydrogen-bond donors (Lipinski definition) is 1. The second-order valence-electron chi connectivity index (χ2n) is 6.12. The summed E-state index contributed by atoms with van der Waals surface area (Å²) >= 11 is 0. The number of rotatable bonds is 5. The largest absolute Gasteiger partial charge is 0.342 e. The summed E-state index contributed by atoms with van der Waals surface area (Å²) < 4.78 is 0. The van der Waals surface area contributed by atoms with Crippen LogP contribution in [0.4, 0.5) is 0 Å². The van der Waals surface area contributed by atoms with Gasteiger partial charge in [-0.2, -0.15) is 0 Å². The fraction of sp³-hybridized carbons (Fsp3) is 0.933. The third-order valence-electron chi connectivity index (χ3n) is 4.37. The van der Waals surface area contributed by atoms with Crippen LogP contribution in [0.25, 0.3) is 0 Å². The minimum Gasteiger partial charge on any atom is -0.342 e. The minimum atomic E-state index is 0.315. The zero-order valence-electron chi connectivity index (χ0n) is 12.9. The van der Waals surface area contributed by atoms with Crippen molar-refractivity contribution in [3.05, 3.63) is 0 Å². The molecule has 0 atom stereocenters. The number of carbonyl (C=O) groups excluding carboxylic acids is 1. The van der Waals surface area contributed by atoms with Gasteiger partial charge in [0.2, 0.25) is 5.91 Å². The maximum Gasteiger partial charge on any atom is 0.236 e. The summed E-state index contributed by atoms with van der Waals surface area (Å²) in [5.41, 5.74) is 0. The Morgan fingerprint density at radius 1 is 1.05 bits per heavy atom. The van der Waals surface area contributed by atoms with Gasteiger partial charge in [-0.05, 0) is 19.9 Å². The molecule has 0 unspecified atom stereocenters. The fourth-order valence-corrected chi connectivity index (χ4v) is 2.98. The first-order valence-corrected chi connectivity index (χ1v) is 8.15. The summed E-state index contributed by atoms with van der Waals surface area (Å²) in [7, 11) is 2.07. The first-order chi connectivity index (χ1) is 9.75. The molecule has 2 heterocycles. The normalized spacial score (nSPS) is 22.0. The Labute approximate surface area is 123 Å². The fourth-order valence-electron chi connectivity index (χ4n) is 2.98. The molecule has 0 spiro atoms. The van der Waals surface area contributed by atoms with Gasteiger partial charge in [0.05, 0.1) is 6.54 Å². The van der Waals surface area contributed by atoms with Crippen molar-refractivity contribution >= 4 is 5.91 Å². The topological polar surface area (TPSA) is 38.8 Å². The molecule has 2 aliphatic heterocycles. The quantitative estimate of drug-likeness (QED) is 0.783. The molecule has 0 aromatic rings. The molecule has 0 aromatic carbocycles. The Hall–Kier alpha value is -0.650. The molecule has 1 N–H and O–H groups in total. The van der Waals surface area contributed by atoms with E-state index in [1.165, 1.54) is 25.7 Å². The molecule has 0 bridgehead atoms. The van der Waals surface area contributed by atoms with Crippen molar-refractivity contribution in [2.75, 3.05) is 66.0 Å². The van der Waals surface area contributed by atoms with Crippen LogP contribution >= 0.6 is 0 Å². The molecule has 2 saturated heterocycles. The van der Waals surface area contributed by atoms with Gasteiger partial charge in [0.15, 0.2) is 0 Å². The Kier molecular flexibility index (Phi) is 6.76. The van der Waals surface area contributed by atoms with Crippen LogP contribution in [0.15, 0.2) is 0 Å². The van der Waals surface area contributed by atoms with Crippen LogP contribution in [0.5, 0.6) is 0 Å². The van der Waals surface area contributed by atoms with E-state index in [0.29, 0.717) is 12.5 Å². The second kappa shape index (κ2) is 8.60. The number of amides is 1. The Balaban J connectivity index is 1.64. The Bertz CT molecular complexity index is 284. The van der Waals surface area contributed by atoms with E-state index in [1.807, 2.05) is 0 Å². The number of hydrogen-bond acceptors (Lipinski definition) is 4. The summed E-state index contributed by atoms with van der Waals surface area (Å²) in [6.07, 6.45) is 4.91. The predicted molar refractivity (Wildman–Crippen MR) is 81.9 cm³/mol. The van der Waals surface area contributed by atoms with Crippen molar-refractivity contribution in [1.29, 1.82) is 0 Å². The van der Waals surface area contributed by atoms with Crippen molar-refractivity contribution in [3.63, 3.8) is 0 Å². The van der Waals surface area contributed by atoms with Gasteiger partial charge in [0.1, 0.15) is 0 Å². The second-order valence-corrected chi connectivity index (χ2v) is 6.12. The first kappa shape index (κ1) is 15.7. The molecule has 2 fully saturated rings. The van der Waals surface area contributed by atoms with Crippen molar-refractivity contribution in [3.8, 4) is 0 Å². The highest BCUT2D eigenvalue weighted by Crippen LogP contribution is 2.09. The van der Waals surface area contributed by atoms with E-state index in [9.17, 15) is 4.79 Å². The molecule has 0 radical (unpaired) electrons. The molecular weight excluding hydrogens is 252 g/mol. The number of carbonyl (C=O) groups is 1. The van der Waals surface area contributed by atoms with E-state index in [0.717, 1.165) is 52.4 Å². The van der Waals surface area contributed by atoms with Crippen molar-refractivity contribution in [2.45, 2.75) is 25.7 Å². The number of piperazine rings is 1. The van der Waals surface area contributed by atoms with Gasteiger partial charge in [-0.1, -0.05) is 12.8 Å². The van der Waals surface area contributed by atoms with E-state index >= 15 is 0 Å². The average Bonchev–Trinajstić information content (AvgIpc) is 2.75. The minimum absolute atomic E-state index is 0.315. The van der Waals surface area contributed by atoms with Gasteiger partial charge >= 0.3 is 0 Å². The lowest BCUT2D eigenvalue weighted by molar-refractivity contribution is -0.132. The summed E-state index contributed by atoms with van der Waals surface area (Å²) in [6, 6.07) is 0. The average molecular weight is 282 g/mol. The van der Waals surface area contributed by atoms with Crippen LogP contribution in [0.2, 0.25) is 0 Å². The first-order valence-electron chi connectivity index (χ1n) is 8.15. The van der Waals surface area contributed by atoms with Gasteiger partial charge in [-0.25, -0.2) is 0 Å². The van der Waals surface area contributed by atoms with E-state index in [4.69, 9.17) is 0 Å². The van der Waals surface area contributed by atoms with Crippen molar-refractivity contribution in [1.82, 2.24) is 20.0 Å². The number of nitrogens with zero attached hydrogens (tertiary/aromatic N) is 3. The van der Waals surface area contributed by atoms with Crippen LogP contribution in [0, 0.1) is 0 Å². The highest BCUT2D eigenvalue weighted by molar-refractivity contribution is 5.78. The zero-order valence-corrected chi connectivity index (χ0v) is 12.9. The number of likely N-dealkylation sites (N-methyl/N-ethyl adjacent to an activating group) is 1. The van der Waals surface area contributed by atoms with Gasteiger partial charge in [-0.15, -0.1) is 0 Å². The van der Waals surface area contributed by atoms with Gasteiger partial charge < -0.3 is 10.2 Å². The van der Waals surface area contributed by atoms with E-state index in [-0.39, 0.29) is 0 Å². The van der Waals surface area contributed by atoms with Gasteiger partial charge in [0.25, 0.3) is 0 Å². The maximum absolute atomic E-state index is 12.3. The summed E-state index contributed by atoms with van der Waals surface area (Å²) in [5.74, 6) is 0.315. The Morgan fingerprint density at radius 3 is 2.35 bits per heavy atom. The molecule has 2 aliphatic rings. The van der Waals surface area contributed by atoms with Crippen LogP contribution in [-0.4, -0.2) is 86.6 Å². The third kappa shape index (κ3) is 5.38. The third-order valence-corrected chi connectivity index (χ3v) is 4.37. The highest BCUT2D eigenvalue weighted by atomic mass is 16.2. The van der Waals surface area contributed by atoms with Crippen LogP contribution in [-0.2, 0) is 4.79 Å². The highest BCUT2D eigenvalue weighted by Gasteiger charge is 2.17. The van der Waals surface area contributed by atoms with Crippen LogP contribution in [0.3, 0.4) is 0 Å². The van der Waals surface area contributed by atoms with Gasteiger partial charge in [-0.3, -0.25) is 14.6 Å². The molecule has 2 rings (SSSR count). The van der Waals surface area contributed by atoms with E-state index < -0.39 is 0 Å². The maximum atomic E-state index is 12.3. The molecule has 5 nitrogen and oxygen atoms in total. The number of likely N-dealkylation sites (tertiary alicyclic amines) is 1. The zero-order chi connectivity index (χ0) is 14.2. The van der Waals surface area contributed by atoms with Crippen molar-refractivity contribution < 1.29 is 4.79 Å². The standard InChI is InChI=1S/C15H30N4O/c1-17(12-13-18-10-6-16-7-11-18)14-15(20)19-8-4-2-3-5-9-19/h16H,2-14H2,1H3. The molecule has 5 heteroatoms. The lowest BCUT2D eigenvalue weighted by atomic mass is 10.2. The monoisotopic (exact) mass is 282 g/mol. The van der Waals surface area contributed by atoms with E-state index in [1.54, 1.807) is 0 Å². The van der Waals surface area contributed by atoms with Crippen LogP contribution in [0.1, 0.15) is 25.7 Å². The van der Waals surface area contributed by atoms with Crippen molar-refractivity contribution in [2.24, 2.45) is 0 Å².